The Morgan fingerprint density at radius 3 is 3.08 bits per heavy atom. The first-order valence-electron chi connectivity index (χ1n) is 3.93. The summed E-state index contributed by atoms with van der Waals surface area (Å²) in [5.41, 5.74) is 0. The van der Waals surface area contributed by atoms with Gasteiger partial charge >= 0.3 is 0 Å². The molecule has 0 aromatic carbocycles. The highest BCUT2D eigenvalue weighted by Crippen LogP contribution is 2.18. The fraction of sp³-hybridized carbons (Fsp3) is 0.556. The van der Waals surface area contributed by atoms with Crippen LogP contribution in [-0.2, 0) is 4.74 Å². The van der Waals surface area contributed by atoms with Crippen molar-refractivity contribution >= 4 is 23.5 Å². The Bertz CT molecular complexity index is 212. The molecule has 0 unspecified atom stereocenters. The normalized spacial score (nSPS) is 22.9. The first-order valence-corrected chi connectivity index (χ1v) is 5.90. The molecule has 0 radical (unpaired) electrons. The van der Waals surface area contributed by atoms with E-state index in [0.717, 1.165) is 16.6 Å². The molecular formula is C9H12OS2. The summed E-state index contributed by atoms with van der Waals surface area (Å²) in [6.07, 6.45) is 4.35. The van der Waals surface area contributed by atoms with Gasteiger partial charge in [0.15, 0.2) is 5.09 Å². The van der Waals surface area contributed by atoms with Crippen molar-refractivity contribution < 1.29 is 4.74 Å². The van der Waals surface area contributed by atoms with Gasteiger partial charge in [0.25, 0.3) is 0 Å². The van der Waals surface area contributed by atoms with Gasteiger partial charge in [-0.3, -0.25) is 0 Å². The second-order valence-electron chi connectivity index (χ2n) is 2.32. The van der Waals surface area contributed by atoms with Gasteiger partial charge in [-0.2, -0.15) is 0 Å². The number of rotatable bonds is 1. The average molecular weight is 200 g/mol. The van der Waals surface area contributed by atoms with Crippen LogP contribution >= 0.6 is 23.5 Å². The highest BCUT2D eigenvalue weighted by molar-refractivity contribution is 8.04. The minimum atomic E-state index is 0.935. The zero-order chi connectivity index (χ0) is 8.65. The van der Waals surface area contributed by atoms with Crippen molar-refractivity contribution in [1.82, 2.24) is 0 Å². The topological polar surface area (TPSA) is 9.23 Å². The van der Waals surface area contributed by atoms with E-state index >= 15 is 0 Å². The number of methoxy groups -OCH3 is 1. The van der Waals surface area contributed by atoms with Gasteiger partial charge in [0, 0.05) is 17.6 Å². The van der Waals surface area contributed by atoms with Gasteiger partial charge in [0.2, 0.25) is 0 Å². The van der Waals surface area contributed by atoms with Crippen LogP contribution in [0.25, 0.3) is 0 Å². The molecule has 66 valence electrons. The Morgan fingerprint density at radius 1 is 1.42 bits per heavy atom. The lowest BCUT2D eigenvalue weighted by atomic mass is 10.4. The summed E-state index contributed by atoms with van der Waals surface area (Å²) in [5.74, 6) is 5.26. The van der Waals surface area contributed by atoms with Crippen molar-refractivity contribution in [2.24, 2.45) is 0 Å². The van der Waals surface area contributed by atoms with E-state index in [1.807, 2.05) is 6.08 Å². The van der Waals surface area contributed by atoms with Crippen LogP contribution in [0, 0.1) is 11.2 Å². The van der Waals surface area contributed by atoms with Crippen molar-refractivity contribution in [3.63, 3.8) is 0 Å². The molecule has 3 heteroatoms. The molecular weight excluding hydrogens is 188 g/mol. The van der Waals surface area contributed by atoms with Crippen LogP contribution in [0.3, 0.4) is 0 Å². The number of thioether (sulfide) groups is 2. The maximum Gasteiger partial charge on any atom is 0.161 e. The average Bonchev–Trinajstić information content (AvgIpc) is 2.14. The van der Waals surface area contributed by atoms with Gasteiger partial charge in [-0.05, 0) is 18.1 Å². The predicted molar refractivity (Wildman–Crippen MR) is 57.0 cm³/mol. The van der Waals surface area contributed by atoms with Gasteiger partial charge in [-0.1, -0.05) is 29.4 Å². The molecule has 1 aliphatic rings. The molecule has 0 N–H and O–H groups in total. The summed E-state index contributed by atoms with van der Waals surface area (Å²) in [4.78, 5) is 0. The SMILES string of the molecule is CO/C1=C/C#CSCCCCS1. The summed E-state index contributed by atoms with van der Waals surface area (Å²) >= 11 is 3.44. The van der Waals surface area contributed by atoms with Gasteiger partial charge in [-0.15, -0.1) is 0 Å². The Balaban J connectivity index is 2.50. The molecule has 0 spiro atoms. The molecule has 1 heterocycles. The van der Waals surface area contributed by atoms with Crippen molar-refractivity contribution in [2.75, 3.05) is 18.6 Å². The Labute approximate surface area is 82.3 Å². The molecule has 0 amide bonds. The molecule has 0 aromatic rings. The first-order chi connectivity index (χ1) is 5.93. The van der Waals surface area contributed by atoms with Crippen molar-refractivity contribution in [3.8, 4) is 11.2 Å². The van der Waals surface area contributed by atoms with E-state index in [1.54, 1.807) is 30.6 Å². The maximum atomic E-state index is 5.14. The van der Waals surface area contributed by atoms with E-state index < -0.39 is 0 Å². The second-order valence-corrected chi connectivity index (χ2v) is 4.32. The van der Waals surface area contributed by atoms with Crippen LogP contribution in [0.1, 0.15) is 12.8 Å². The first kappa shape index (κ1) is 9.88. The molecule has 0 saturated carbocycles. The van der Waals surface area contributed by atoms with Gasteiger partial charge in [0.1, 0.15) is 0 Å². The van der Waals surface area contributed by atoms with Crippen molar-refractivity contribution in [1.29, 1.82) is 0 Å². The van der Waals surface area contributed by atoms with Crippen LogP contribution in [0.4, 0.5) is 0 Å². The summed E-state index contributed by atoms with van der Waals surface area (Å²) in [5, 5.41) is 3.95. The van der Waals surface area contributed by atoms with E-state index in [0.29, 0.717) is 0 Å². The van der Waals surface area contributed by atoms with Gasteiger partial charge in [0.05, 0.1) is 7.11 Å². The van der Waals surface area contributed by atoms with Crippen LogP contribution in [0.5, 0.6) is 0 Å². The number of hydrogen-bond acceptors (Lipinski definition) is 3. The second kappa shape index (κ2) is 6.33. The molecule has 0 fully saturated rings. The van der Waals surface area contributed by atoms with Crippen LogP contribution in [-0.4, -0.2) is 18.6 Å². The minimum absolute atomic E-state index is 0.935. The van der Waals surface area contributed by atoms with Gasteiger partial charge in [-0.25, -0.2) is 0 Å². The smallest absolute Gasteiger partial charge is 0.161 e. The molecule has 1 rings (SSSR count). The molecule has 1 aliphatic heterocycles. The lowest BCUT2D eigenvalue weighted by Gasteiger charge is -2.04. The molecule has 0 saturated heterocycles. The summed E-state index contributed by atoms with van der Waals surface area (Å²) in [6, 6.07) is 0. The molecule has 0 atom stereocenters. The highest BCUT2D eigenvalue weighted by Gasteiger charge is 1.97. The monoisotopic (exact) mass is 200 g/mol. The van der Waals surface area contributed by atoms with Crippen LogP contribution in [0.15, 0.2) is 11.2 Å². The quantitative estimate of drug-likeness (QED) is 0.602. The third-order valence-electron chi connectivity index (χ3n) is 1.41. The Kier molecular flexibility index (Phi) is 5.21. The largest absolute Gasteiger partial charge is 0.490 e. The Morgan fingerprint density at radius 2 is 2.25 bits per heavy atom. The third-order valence-corrected chi connectivity index (χ3v) is 3.22. The lowest BCUT2D eigenvalue weighted by molar-refractivity contribution is 0.325. The summed E-state index contributed by atoms with van der Waals surface area (Å²) < 4.78 is 5.14. The number of allylic oxidation sites excluding steroid dienone is 1. The minimum Gasteiger partial charge on any atom is -0.490 e. The standard InChI is InChI=1S/C9H12OS2/c1-10-9-5-4-7-11-6-2-3-8-12-9/h5H,2-3,6,8H2,1H3/b9-5-. The van der Waals surface area contributed by atoms with Crippen LogP contribution < -0.4 is 0 Å². The zero-order valence-corrected chi connectivity index (χ0v) is 8.76. The van der Waals surface area contributed by atoms with E-state index in [9.17, 15) is 0 Å². The van der Waals surface area contributed by atoms with E-state index in [1.165, 1.54) is 12.8 Å². The molecule has 0 aromatic heterocycles. The van der Waals surface area contributed by atoms with Crippen LogP contribution in [0.2, 0.25) is 0 Å². The molecule has 0 bridgehead atoms. The third kappa shape index (κ3) is 3.99. The van der Waals surface area contributed by atoms with Crippen molar-refractivity contribution in [3.05, 3.63) is 11.2 Å². The maximum absolute atomic E-state index is 5.14. The van der Waals surface area contributed by atoms with Crippen molar-refractivity contribution in [2.45, 2.75) is 12.8 Å². The van der Waals surface area contributed by atoms with E-state index in [4.69, 9.17) is 4.74 Å². The fourth-order valence-corrected chi connectivity index (χ4v) is 2.19. The summed E-state index contributed by atoms with van der Waals surface area (Å²) in [7, 11) is 1.69. The van der Waals surface area contributed by atoms with E-state index in [2.05, 4.69) is 11.2 Å². The lowest BCUT2D eigenvalue weighted by Crippen LogP contribution is -1.87. The fourth-order valence-electron chi connectivity index (χ4n) is 0.790. The molecule has 12 heavy (non-hydrogen) atoms. The summed E-state index contributed by atoms with van der Waals surface area (Å²) in [6.45, 7) is 0. The molecule has 1 nitrogen and oxygen atoms in total. The number of ether oxygens (including phenoxy) is 1. The van der Waals surface area contributed by atoms with E-state index in [-0.39, 0.29) is 0 Å². The highest BCUT2D eigenvalue weighted by atomic mass is 32.2. The molecule has 0 aliphatic carbocycles. The zero-order valence-electron chi connectivity index (χ0n) is 7.13. The number of hydrogen-bond donors (Lipinski definition) is 0. The predicted octanol–water partition coefficient (Wildman–Crippen LogP) is 2.70. The van der Waals surface area contributed by atoms with Gasteiger partial charge < -0.3 is 4.74 Å². The Hall–Kier alpha value is -0.200.